The third-order valence-electron chi connectivity index (χ3n) is 1.10. The van der Waals surface area contributed by atoms with Crippen molar-refractivity contribution in [2.24, 2.45) is 0 Å². The van der Waals surface area contributed by atoms with Gasteiger partial charge in [0.15, 0.2) is 6.17 Å². The zero-order valence-electron chi connectivity index (χ0n) is 6.16. The molecular formula is C5H11F3N2. The van der Waals surface area contributed by atoms with Crippen molar-refractivity contribution < 1.29 is 13.2 Å². The molecule has 1 unspecified atom stereocenters. The summed E-state index contributed by atoms with van der Waals surface area (Å²) in [5.41, 5.74) is 0. The lowest BCUT2D eigenvalue weighted by Gasteiger charge is -2.25. The van der Waals surface area contributed by atoms with Gasteiger partial charge in [-0.3, -0.25) is 10.2 Å². The molecule has 0 aliphatic carbocycles. The van der Waals surface area contributed by atoms with Crippen molar-refractivity contribution in [2.75, 3.05) is 21.1 Å². The van der Waals surface area contributed by atoms with E-state index < -0.39 is 12.3 Å². The maximum Gasteiger partial charge on any atom is 0.417 e. The quantitative estimate of drug-likeness (QED) is 0.591. The first-order chi connectivity index (χ1) is 4.39. The zero-order valence-corrected chi connectivity index (χ0v) is 6.16. The van der Waals surface area contributed by atoms with E-state index in [2.05, 4.69) is 5.32 Å². The fraction of sp³-hybridized carbons (Fsp3) is 1.00. The number of halogens is 3. The van der Waals surface area contributed by atoms with Crippen molar-refractivity contribution in [3.8, 4) is 0 Å². The van der Waals surface area contributed by atoms with Gasteiger partial charge in [-0.25, -0.2) is 0 Å². The van der Waals surface area contributed by atoms with E-state index in [1.54, 1.807) is 0 Å². The fourth-order valence-electron chi connectivity index (χ4n) is 0.715. The molecule has 0 amide bonds. The summed E-state index contributed by atoms with van der Waals surface area (Å²) in [6.07, 6.45) is -5.74. The highest BCUT2D eigenvalue weighted by molar-refractivity contribution is 4.69. The van der Waals surface area contributed by atoms with Crippen LogP contribution >= 0.6 is 0 Å². The Morgan fingerprint density at radius 1 is 1.30 bits per heavy atom. The Labute approximate surface area is 58.0 Å². The Balaban J connectivity index is 4.07. The van der Waals surface area contributed by atoms with E-state index >= 15 is 0 Å². The van der Waals surface area contributed by atoms with Gasteiger partial charge >= 0.3 is 6.18 Å². The Kier molecular flexibility index (Phi) is 3.11. The molecular weight excluding hydrogens is 145 g/mol. The van der Waals surface area contributed by atoms with Crippen molar-refractivity contribution in [1.82, 2.24) is 10.2 Å². The second kappa shape index (κ2) is 3.21. The standard InChI is InChI=1S/C5H11F3N2/c1-9-4(10(2)3)5(6,7)8/h4,9H,1-3H3. The van der Waals surface area contributed by atoms with Gasteiger partial charge < -0.3 is 0 Å². The molecule has 0 saturated heterocycles. The first-order valence-corrected chi connectivity index (χ1v) is 2.80. The van der Waals surface area contributed by atoms with Crippen LogP contribution in [0.5, 0.6) is 0 Å². The van der Waals surface area contributed by atoms with Gasteiger partial charge in [0.05, 0.1) is 0 Å². The van der Waals surface area contributed by atoms with Crippen LogP contribution in [0.15, 0.2) is 0 Å². The molecule has 10 heavy (non-hydrogen) atoms. The van der Waals surface area contributed by atoms with Crippen LogP contribution in [0.1, 0.15) is 0 Å². The molecule has 1 atom stereocenters. The number of hydrogen-bond acceptors (Lipinski definition) is 2. The van der Waals surface area contributed by atoms with Crippen LogP contribution < -0.4 is 5.32 Å². The molecule has 0 aliphatic heterocycles. The monoisotopic (exact) mass is 156 g/mol. The summed E-state index contributed by atoms with van der Waals surface area (Å²) < 4.78 is 35.6. The molecule has 0 aromatic carbocycles. The lowest BCUT2D eigenvalue weighted by Crippen LogP contribution is -2.50. The minimum atomic E-state index is -4.20. The summed E-state index contributed by atoms with van der Waals surface area (Å²) in [6.45, 7) is 0. The number of rotatable bonds is 2. The van der Waals surface area contributed by atoms with Crippen LogP contribution in [-0.2, 0) is 0 Å². The van der Waals surface area contributed by atoms with E-state index in [0.29, 0.717) is 0 Å². The first-order valence-electron chi connectivity index (χ1n) is 2.80. The number of hydrogen-bond donors (Lipinski definition) is 1. The summed E-state index contributed by atoms with van der Waals surface area (Å²) in [5.74, 6) is 0. The van der Waals surface area contributed by atoms with Gasteiger partial charge in [-0.05, 0) is 21.1 Å². The van der Waals surface area contributed by atoms with Gasteiger partial charge in [-0.2, -0.15) is 13.2 Å². The van der Waals surface area contributed by atoms with Crippen LogP contribution in [0.25, 0.3) is 0 Å². The van der Waals surface area contributed by atoms with Crippen LogP contribution in [0, 0.1) is 0 Å². The molecule has 5 heteroatoms. The van der Waals surface area contributed by atoms with Gasteiger partial charge in [0.2, 0.25) is 0 Å². The van der Waals surface area contributed by atoms with Crippen LogP contribution in [-0.4, -0.2) is 38.4 Å². The minimum Gasteiger partial charge on any atom is -0.297 e. The first kappa shape index (κ1) is 9.71. The Morgan fingerprint density at radius 2 is 1.70 bits per heavy atom. The molecule has 1 N–H and O–H groups in total. The lowest BCUT2D eigenvalue weighted by molar-refractivity contribution is -0.184. The van der Waals surface area contributed by atoms with E-state index in [1.165, 1.54) is 21.1 Å². The summed E-state index contributed by atoms with van der Waals surface area (Å²) in [7, 11) is 4.02. The highest BCUT2D eigenvalue weighted by atomic mass is 19.4. The van der Waals surface area contributed by atoms with Crippen LogP contribution in [0.4, 0.5) is 13.2 Å². The van der Waals surface area contributed by atoms with E-state index in [0.717, 1.165) is 4.90 Å². The average molecular weight is 156 g/mol. The highest BCUT2D eigenvalue weighted by Gasteiger charge is 2.39. The normalized spacial score (nSPS) is 15.9. The second-order valence-electron chi connectivity index (χ2n) is 2.20. The zero-order chi connectivity index (χ0) is 8.36. The minimum absolute atomic E-state index is 1.07. The smallest absolute Gasteiger partial charge is 0.297 e. The van der Waals surface area contributed by atoms with Crippen molar-refractivity contribution in [3.05, 3.63) is 0 Å². The third-order valence-corrected chi connectivity index (χ3v) is 1.10. The second-order valence-corrected chi connectivity index (χ2v) is 2.20. The summed E-state index contributed by atoms with van der Waals surface area (Å²) in [5, 5.41) is 2.14. The fourth-order valence-corrected chi connectivity index (χ4v) is 0.715. The molecule has 0 saturated carbocycles. The molecule has 0 bridgehead atoms. The van der Waals surface area contributed by atoms with Gasteiger partial charge in [0.1, 0.15) is 0 Å². The molecule has 0 rings (SSSR count). The molecule has 0 heterocycles. The van der Waals surface area contributed by atoms with Gasteiger partial charge in [0.25, 0.3) is 0 Å². The molecule has 0 fully saturated rings. The van der Waals surface area contributed by atoms with E-state index in [4.69, 9.17) is 0 Å². The topological polar surface area (TPSA) is 15.3 Å². The molecule has 0 spiro atoms. The SMILES string of the molecule is CNC(N(C)C)C(F)(F)F. The predicted molar refractivity (Wildman–Crippen MR) is 32.6 cm³/mol. The molecule has 2 nitrogen and oxygen atoms in total. The van der Waals surface area contributed by atoms with Crippen molar-refractivity contribution >= 4 is 0 Å². The largest absolute Gasteiger partial charge is 0.417 e. The van der Waals surface area contributed by atoms with E-state index in [1.807, 2.05) is 0 Å². The Hall–Kier alpha value is -0.290. The average Bonchev–Trinajstić information content (AvgIpc) is 1.60. The van der Waals surface area contributed by atoms with Crippen molar-refractivity contribution in [2.45, 2.75) is 12.3 Å². The summed E-state index contributed by atoms with van der Waals surface area (Å²) >= 11 is 0. The van der Waals surface area contributed by atoms with E-state index in [9.17, 15) is 13.2 Å². The maximum absolute atomic E-state index is 11.9. The van der Waals surface area contributed by atoms with Crippen LogP contribution in [0.3, 0.4) is 0 Å². The molecule has 0 aromatic rings. The van der Waals surface area contributed by atoms with Crippen molar-refractivity contribution in [1.29, 1.82) is 0 Å². The summed E-state index contributed by atoms with van der Waals surface area (Å²) in [4.78, 5) is 1.07. The number of alkyl halides is 3. The maximum atomic E-state index is 11.9. The van der Waals surface area contributed by atoms with Gasteiger partial charge in [0, 0.05) is 0 Å². The molecule has 62 valence electrons. The lowest BCUT2D eigenvalue weighted by atomic mass is 10.4. The Bertz CT molecular complexity index is 99.6. The third kappa shape index (κ3) is 2.53. The Morgan fingerprint density at radius 3 is 1.70 bits per heavy atom. The molecule has 0 aliphatic rings. The summed E-state index contributed by atoms with van der Waals surface area (Å²) in [6, 6.07) is 0. The molecule has 0 aromatic heterocycles. The van der Waals surface area contributed by atoms with Gasteiger partial charge in [-0.15, -0.1) is 0 Å². The predicted octanol–water partition coefficient (Wildman–Crippen LogP) is 0.656. The van der Waals surface area contributed by atoms with Crippen LogP contribution in [0.2, 0.25) is 0 Å². The number of nitrogens with one attached hydrogen (secondary N) is 1. The van der Waals surface area contributed by atoms with Gasteiger partial charge in [-0.1, -0.05) is 0 Å². The number of nitrogens with zero attached hydrogens (tertiary/aromatic N) is 1. The van der Waals surface area contributed by atoms with Crippen molar-refractivity contribution in [3.63, 3.8) is 0 Å². The van der Waals surface area contributed by atoms with E-state index in [-0.39, 0.29) is 0 Å². The molecule has 0 radical (unpaired) electrons. The highest BCUT2D eigenvalue weighted by Crippen LogP contribution is 2.20.